The molecule has 0 aromatic carbocycles. The number of hydrogen-bond donors (Lipinski definition) is 2. The molecular weight excluding hydrogens is 217 g/mol. The molecule has 3 rings (SSSR count). The van der Waals surface area contributed by atoms with E-state index < -0.39 is 0 Å². The molecule has 2 heterocycles. The van der Waals surface area contributed by atoms with Gasteiger partial charge in [0.05, 0.1) is 17.5 Å². The van der Waals surface area contributed by atoms with Crippen LogP contribution < -0.4 is 11.3 Å². The third-order valence-electron chi connectivity index (χ3n) is 3.42. The summed E-state index contributed by atoms with van der Waals surface area (Å²) in [6.45, 7) is 0. The smallest absolute Gasteiger partial charge is 0.167 e. The molecule has 2 atom stereocenters. The van der Waals surface area contributed by atoms with Crippen LogP contribution in [0.25, 0.3) is 11.0 Å². The number of nitrogens with zero attached hydrogens (tertiary/aromatic N) is 4. The van der Waals surface area contributed by atoms with Gasteiger partial charge < -0.3 is 10.8 Å². The van der Waals surface area contributed by atoms with Gasteiger partial charge in [0.2, 0.25) is 0 Å². The van der Waals surface area contributed by atoms with Crippen molar-refractivity contribution in [3.63, 3.8) is 0 Å². The third kappa shape index (κ3) is 1.58. The summed E-state index contributed by atoms with van der Waals surface area (Å²) in [6.07, 6.45) is 3.73. The number of aliphatic hydroxyl groups is 1. The van der Waals surface area contributed by atoms with E-state index in [1.807, 2.05) is 12.5 Å². The van der Waals surface area contributed by atoms with Gasteiger partial charge in [-0.3, -0.25) is 0 Å². The number of nitrogens with two attached hydrogens (primary N) is 1. The minimum absolute atomic E-state index is 0.218. The van der Waals surface area contributed by atoms with E-state index in [9.17, 15) is 5.11 Å². The summed E-state index contributed by atoms with van der Waals surface area (Å²) in [5, 5.41) is 14.9. The van der Waals surface area contributed by atoms with Crippen LogP contribution in [0.2, 0.25) is 0 Å². The molecule has 0 spiro atoms. The van der Waals surface area contributed by atoms with Crippen molar-refractivity contribution in [3.05, 3.63) is 6.33 Å². The fraction of sp³-hybridized carbons (Fsp3) is 0.500. The van der Waals surface area contributed by atoms with Crippen LogP contribution in [0.15, 0.2) is 6.33 Å². The lowest BCUT2D eigenvalue weighted by molar-refractivity contribution is 0.177. The summed E-state index contributed by atoms with van der Waals surface area (Å²) in [5.41, 5.74) is 7.46. The van der Waals surface area contributed by atoms with Crippen molar-refractivity contribution >= 4 is 30.3 Å². The minimum atomic E-state index is -0.223. The maximum atomic E-state index is 9.60. The van der Waals surface area contributed by atoms with Crippen molar-refractivity contribution in [1.82, 2.24) is 19.7 Å². The van der Waals surface area contributed by atoms with Crippen LogP contribution in [0.1, 0.15) is 25.3 Å². The monoisotopic (exact) mass is 231 g/mol. The van der Waals surface area contributed by atoms with Crippen molar-refractivity contribution < 1.29 is 5.11 Å². The van der Waals surface area contributed by atoms with Crippen molar-refractivity contribution in [1.29, 1.82) is 0 Å². The zero-order chi connectivity index (χ0) is 12.0. The van der Waals surface area contributed by atoms with Crippen molar-refractivity contribution in [3.8, 4) is 0 Å². The maximum absolute atomic E-state index is 9.60. The summed E-state index contributed by atoms with van der Waals surface area (Å²) in [6, 6.07) is 0.218. The van der Waals surface area contributed by atoms with Crippen LogP contribution in [0.3, 0.4) is 0 Å². The SMILES string of the molecule is Bc1nn(C2CCC(O)C2)c2ncnc(N)c12. The topological polar surface area (TPSA) is 89.8 Å². The molecule has 6 nitrogen and oxygen atoms in total. The van der Waals surface area contributed by atoms with Crippen LogP contribution in [-0.2, 0) is 0 Å². The molecule has 2 aromatic rings. The Balaban J connectivity index is 2.14. The highest BCUT2D eigenvalue weighted by atomic mass is 16.3. The van der Waals surface area contributed by atoms with E-state index in [0.29, 0.717) is 5.82 Å². The molecule has 3 N–H and O–H groups in total. The summed E-state index contributed by atoms with van der Waals surface area (Å²) in [5.74, 6) is 0.470. The standard InChI is InChI=1S/C10H14BN5O/c11-8-7-9(12)13-4-14-10(7)16(15-8)5-1-2-6(17)3-5/h4-6,17H,1-3,11H2,(H2,12,13,14). The van der Waals surface area contributed by atoms with E-state index in [1.165, 1.54) is 6.33 Å². The zero-order valence-corrected chi connectivity index (χ0v) is 9.67. The van der Waals surface area contributed by atoms with E-state index >= 15 is 0 Å². The summed E-state index contributed by atoms with van der Waals surface area (Å²) in [7, 11) is 1.91. The molecule has 1 saturated carbocycles. The molecule has 1 fully saturated rings. The quantitative estimate of drug-likeness (QED) is 0.598. The van der Waals surface area contributed by atoms with Gasteiger partial charge in [0.25, 0.3) is 0 Å². The first-order chi connectivity index (χ1) is 8.16. The molecular formula is C10H14BN5O. The number of nitrogen functional groups attached to an aromatic ring is 1. The Morgan fingerprint density at radius 3 is 2.94 bits per heavy atom. The molecule has 1 aliphatic carbocycles. The molecule has 7 heteroatoms. The van der Waals surface area contributed by atoms with Crippen molar-refractivity contribution in [2.24, 2.45) is 0 Å². The maximum Gasteiger partial charge on any atom is 0.167 e. The minimum Gasteiger partial charge on any atom is -0.393 e. The summed E-state index contributed by atoms with van der Waals surface area (Å²) >= 11 is 0. The van der Waals surface area contributed by atoms with E-state index in [0.717, 1.165) is 35.9 Å². The molecule has 0 radical (unpaired) electrons. The first-order valence-electron chi connectivity index (χ1n) is 5.80. The summed E-state index contributed by atoms with van der Waals surface area (Å²) in [4.78, 5) is 8.25. The Morgan fingerprint density at radius 2 is 2.24 bits per heavy atom. The van der Waals surface area contributed by atoms with Crippen molar-refractivity contribution in [2.45, 2.75) is 31.4 Å². The first kappa shape index (κ1) is 10.5. The van der Waals surface area contributed by atoms with Gasteiger partial charge in [0.15, 0.2) is 13.5 Å². The molecule has 2 unspecified atom stereocenters. The Labute approximate surface area is 99.3 Å². The molecule has 0 aliphatic heterocycles. The fourth-order valence-corrected chi connectivity index (χ4v) is 2.58. The molecule has 2 aromatic heterocycles. The van der Waals surface area contributed by atoms with E-state index in [2.05, 4.69) is 15.1 Å². The number of hydrogen-bond acceptors (Lipinski definition) is 5. The van der Waals surface area contributed by atoms with Gasteiger partial charge in [-0.1, -0.05) is 0 Å². The Bertz CT molecular complexity index is 569. The van der Waals surface area contributed by atoms with Gasteiger partial charge in [-0.25, -0.2) is 14.6 Å². The predicted octanol–water partition coefficient (Wildman–Crippen LogP) is -1.25. The van der Waals surface area contributed by atoms with Gasteiger partial charge in [0.1, 0.15) is 12.1 Å². The van der Waals surface area contributed by atoms with Gasteiger partial charge in [-0.05, 0) is 19.3 Å². The molecule has 1 aliphatic rings. The lowest BCUT2D eigenvalue weighted by Gasteiger charge is -2.10. The number of rotatable bonds is 1. The van der Waals surface area contributed by atoms with Gasteiger partial charge >= 0.3 is 0 Å². The van der Waals surface area contributed by atoms with Gasteiger partial charge in [-0.15, -0.1) is 0 Å². The predicted molar refractivity (Wildman–Crippen MR) is 66.8 cm³/mol. The second-order valence-electron chi connectivity index (χ2n) is 4.61. The van der Waals surface area contributed by atoms with Crippen molar-refractivity contribution in [2.75, 3.05) is 5.73 Å². The lowest BCUT2D eigenvalue weighted by Crippen LogP contribution is -2.13. The highest BCUT2D eigenvalue weighted by molar-refractivity contribution is 6.38. The Kier molecular flexibility index (Phi) is 2.29. The average molecular weight is 231 g/mol. The van der Waals surface area contributed by atoms with Crippen LogP contribution in [-0.4, -0.2) is 38.8 Å². The highest BCUT2D eigenvalue weighted by Crippen LogP contribution is 2.31. The number of anilines is 1. The van der Waals surface area contributed by atoms with E-state index in [-0.39, 0.29) is 12.1 Å². The van der Waals surface area contributed by atoms with Gasteiger partial charge in [0, 0.05) is 5.59 Å². The lowest BCUT2D eigenvalue weighted by atomic mass is 10.0. The van der Waals surface area contributed by atoms with E-state index in [1.54, 1.807) is 0 Å². The van der Waals surface area contributed by atoms with Crippen LogP contribution >= 0.6 is 0 Å². The van der Waals surface area contributed by atoms with Crippen LogP contribution in [0.4, 0.5) is 5.82 Å². The normalized spacial score (nSPS) is 24.5. The second-order valence-corrected chi connectivity index (χ2v) is 4.61. The molecule has 0 saturated heterocycles. The number of aliphatic hydroxyl groups excluding tert-OH is 1. The summed E-state index contributed by atoms with van der Waals surface area (Å²) < 4.78 is 1.89. The number of fused-ring (bicyclic) bond motifs is 1. The highest BCUT2D eigenvalue weighted by Gasteiger charge is 2.27. The molecule has 17 heavy (non-hydrogen) atoms. The second kappa shape index (κ2) is 3.70. The zero-order valence-electron chi connectivity index (χ0n) is 9.67. The Hall–Kier alpha value is -1.63. The molecule has 0 bridgehead atoms. The largest absolute Gasteiger partial charge is 0.393 e. The van der Waals surface area contributed by atoms with Gasteiger partial charge in [-0.2, -0.15) is 5.10 Å². The van der Waals surface area contributed by atoms with Crippen LogP contribution in [0, 0.1) is 0 Å². The first-order valence-corrected chi connectivity index (χ1v) is 5.80. The number of aromatic nitrogens is 4. The molecule has 0 amide bonds. The Morgan fingerprint density at radius 1 is 1.41 bits per heavy atom. The average Bonchev–Trinajstić information content (AvgIpc) is 2.84. The van der Waals surface area contributed by atoms with Crippen LogP contribution in [0.5, 0.6) is 0 Å². The fourth-order valence-electron chi connectivity index (χ4n) is 2.58. The molecule has 88 valence electrons. The van der Waals surface area contributed by atoms with E-state index in [4.69, 9.17) is 5.73 Å². The third-order valence-corrected chi connectivity index (χ3v) is 3.42.